The highest BCUT2D eigenvalue weighted by molar-refractivity contribution is 5.79. The minimum atomic E-state index is -0.0388. The molecule has 0 spiro atoms. The Bertz CT molecular complexity index is 998. The molecule has 1 fully saturated rings. The van der Waals surface area contributed by atoms with E-state index in [9.17, 15) is 4.79 Å². The number of hydrogen-bond donors (Lipinski definition) is 1. The van der Waals surface area contributed by atoms with Crippen molar-refractivity contribution in [1.82, 2.24) is 15.3 Å². The number of nitrogens with one attached hydrogen (secondary N) is 1. The molecule has 1 saturated heterocycles. The molecule has 2 aromatic carbocycles. The molecule has 30 heavy (non-hydrogen) atoms. The van der Waals surface area contributed by atoms with Crippen molar-refractivity contribution in [1.29, 1.82) is 0 Å². The quantitative estimate of drug-likeness (QED) is 0.694. The molecule has 0 aliphatic carbocycles. The van der Waals surface area contributed by atoms with Crippen molar-refractivity contribution < 1.29 is 4.79 Å². The third-order valence-corrected chi connectivity index (χ3v) is 5.81. The topological polar surface area (TPSA) is 58.1 Å². The van der Waals surface area contributed by atoms with Gasteiger partial charge in [-0.25, -0.2) is 9.97 Å². The lowest BCUT2D eigenvalue weighted by molar-refractivity contribution is -0.125. The molecule has 154 valence electrons. The molecule has 1 aliphatic heterocycles. The van der Waals surface area contributed by atoms with Crippen molar-refractivity contribution in [2.75, 3.05) is 18.0 Å². The Kier molecular flexibility index (Phi) is 6.07. The Hall–Kier alpha value is -3.21. The average molecular weight is 401 g/mol. The van der Waals surface area contributed by atoms with Crippen molar-refractivity contribution in [3.05, 3.63) is 77.6 Å². The van der Waals surface area contributed by atoms with Crippen LogP contribution in [0, 0.1) is 19.8 Å². The predicted molar refractivity (Wildman–Crippen MR) is 120 cm³/mol. The van der Waals surface area contributed by atoms with Gasteiger partial charge in [0, 0.05) is 37.6 Å². The fourth-order valence-electron chi connectivity index (χ4n) is 3.89. The van der Waals surface area contributed by atoms with E-state index < -0.39 is 0 Å². The third kappa shape index (κ3) is 4.67. The zero-order chi connectivity index (χ0) is 20.9. The van der Waals surface area contributed by atoms with E-state index in [-0.39, 0.29) is 11.8 Å². The van der Waals surface area contributed by atoms with Crippen LogP contribution in [0.25, 0.3) is 11.1 Å². The number of rotatable bonds is 5. The average Bonchev–Trinajstić information content (AvgIpc) is 2.79. The minimum absolute atomic E-state index is 0.0388. The predicted octanol–water partition coefficient (Wildman–Crippen LogP) is 4.29. The second-order valence-corrected chi connectivity index (χ2v) is 8.07. The van der Waals surface area contributed by atoms with Crippen LogP contribution in [-0.2, 0) is 11.3 Å². The molecule has 5 nitrogen and oxygen atoms in total. The highest BCUT2D eigenvalue weighted by Gasteiger charge is 2.27. The summed E-state index contributed by atoms with van der Waals surface area (Å²) in [6, 6.07) is 16.5. The monoisotopic (exact) mass is 400 g/mol. The van der Waals surface area contributed by atoms with Gasteiger partial charge in [0.1, 0.15) is 0 Å². The highest BCUT2D eigenvalue weighted by atomic mass is 16.1. The third-order valence-electron chi connectivity index (χ3n) is 5.81. The maximum atomic E-state index is 12.7. The van der Waals surface area contributed by atoms with E-state index in [1.165, 1.54) is 11.1 Å². The van der Waals surface area contributed by atoms with E-state index in [1.807, 2.05) is 24.5 Å². The number of carbonyl (C=O) groups excluding carboxylic acids is 1. The van der Waals surface area contributed by atoms with E-state index in [0.717, 1.165) is 36.1 Å². The Labute approximate surface area is 178 Å². The molecular formula is C25H28N4O. The SMILES string of the molecule is Cc1ccc(-c2cnc(N3CCCC(C(=O)NCc4ccccc4C)C3)nc2)cc1. The zero-order valence-corrected chi connectivity index (χ0v) is 17.6. The van der Waals surface area contributed by atoms with Crippen molar-refractivity contribution in [3.63, 3.8) is 0 Å². The largest absolute Gasteiger partial charge is 0.352 e. The van der Waals surface area contributed by atoms with Gasteiger partial charge in [-0.15, -0.1) is 0 Å². The molecule has 2 heterocycles. The zero-order valence-electron chi connectivity index (χ0n) is 17.6. The summed E-state index contributed by atoms with van der Waals surface area (Å²) in [5.74, 6) is 0.768. The summed E-state index contributed by atoms with van der Waals surface area (Å²) in [6.07, 6.45) is 5.60. The molecule has 1 aromatic heterocycles. The normalized spacial score (nSPS) is 16.3. The van der Waals surface area contributed by atoms with Gasteiger partial charge in [0.05, 0.1) is 5.92 Å². The van der Waals surface area contributed by atoms with Crippen LogP contribution >= 0.6 is 0 Å². The van der Waals surface area contributed by atoms with Gasteiger partial charge in [-0.1, -0.05) is 54.1 Å². The van der Waals surface area contributed by atoms with Crippen LogP contribution in [0.5, 0.6) is 0 Å². The molecule has 1 aliphatic rings. The van der Waals surface area contributed by atoms with Crippen molar-refractivity contribution in [2.24, 2.45) is 5.92 Å². The molecule has 1 N–H and O–H groups in total. The molecule has 3 aromatic rings. The molecule has 0 radical (unpaired) electrons. The number of benzene rings is 2. The Morgan fingerprint density at radius 2 is 1.77 bits per heavy atom. The van der Waals surface area contributed by atoms with E-state index in [1.54, 1.807) is 0 Å². The van der Waals surface area contributed by atoms with E-state index in [0.29, 0.717) is 19.0 Å². The number of nitrogens with zero attached hydrogens (tertiary/aromatic N) is 3. The Morgan fingerprint density at radius 1 is 1.03 bits per heavy atom. The number of hydrogen-bond acceptors (Lipinski definition) is 4. The van der Waals surface area contributed by atoms with Crippen LogP contribution in [0.1, 0.15) is 29.5 Å². The van der Waals surface area contributed by atoms with Crippen LogP contribution < -0.4 is 10.2 Å². The van der Waals surface area contributed by atoms with Crippen molar-refractivity contribution in [3.8, 4) is 11.1 Å². The molecule has 5 heteroatoms. The smallest absolute Gasteiger partial charge is 0.225 e. The lowest BCUT2D eigenvalue weighted by Gasteiger charge is -2.32. The van der Waals surface area contributed by atoms with Crippen LogP contribution in [0.2, 0.25) is 0 Å². The van der Waals surface area contributed by atoms with Gasteiger partial charge >= 0.3 is 0 Å². The van der Waals surface area contributed by atoms with Gasteiger partial charge in [-0.3, -0.25) is 4.79 Å². The Morgan fingerprint density at radius 3 is 2.50 bits per heavy atom. The van der Waals surface area contributed by atoms with Crippen molar-refractivity contribution >= 4 is 11.9 Å². The summed E-state index contributed by atoms with van der Waals surface area (Å²) in [6.45, 7) is 6.26. The second kappa shape index (κ2) is 9.08. The van der Waals surface area contributed by atoms with E-state index in [4.69, 9.17) is 0 Å². The minimum Gasteiger partial charge on any atom is -0.352 e. The summed E-state index contributed by atoms with van der Waals surface area (Å²) in [7, 11) is 0. The van der Waals surface area contributed by atoms with Gasteiger partial charge in [-0.05, 0) is 43.4 Å². The number of carbonyl (C=O) groups is 1. The highest BCUT2D eigenvalue weighted by Crippen LogP contribution is 2.23. The van der Waals surface area contributed by atoms with Gasteiger partial charge in [-0.2, -0.15) is 0 Å². The summed E-state index contributed by atoms with van der Waals surface area (Å²) in [4.78, 5) is 24.0. The number of anilines is 1. The van der Waals surface area contributed by atoms with Crippen LogP contribution in [0.4, 0.5) is 5.95 Å². The second-order valence-electron chi connectivity index (χ2n) is 8.07. The summed E-state index contributed by atoms with van der Waals surface area (Å²) in [5.41, 5.74) is 5.71. The molecule has 1 amide bonds. The maximum Gasteiger partial charge on any atom is 0.225 e. The first-order chi connectivity index (χ1) is 14.6. The van der Waals surface area contributed by atoms with E-state index in [2.05, 4.69) is 70.4 Å². The first kappa shape index (κ1) is 20.1. The molecule has 0 bridgehead atoms. The first-order valence-corrected chi connectivity index (χ1v) is 10.6. The molecule has 4 rings (SSSR count). The first-order valence-electron chi connectivity index (χ1n) is 10.6. The lowest BCUT2D eigenvalue weighted by Crippen LogP contribution is -2.43. The summed E-state index contributed by atoms with van der Waals surface area (Å²) < 4.78 is 0. The van der Waals surface area contributed by atoms with Gasteiger partial charge in [0.2, 0.25) is 11.9 Å². The summed E-state index contributed by atoms with van der Waals surface area (Å²) in [5, 5.41) is 3.11. The fraction of sp³-hybridized carbons (Fsp3) is 0.320. The lowest BCUT2D eigenvalue weighted by atomic mass is 9.97. The molecule has 0 saturated carbocycles. The van der Waals surface area contributed by atoms with Gasteiger partial charge in [0.15, 0.2) is 0 Å². The number of aryl methyl sites for hydroxylation is 2. The molecule has 1 unspecified atom stereocenters. The van der Waals surface area contributed by atoms with Crippen LogP contribution in [0.15, 0.2) is 60.9 Å². The summed E-state index contributed by atoms with van der Waals surface area (Å²) >= 11 is 0. The number of amides is 1. The van der Waals surface area contributed by atoms with Gasteiger partial charge in [0.25, 0.3) is 0 Å². The number of aromatic nitrogens is 2. The van der Waals surface area contributed by atoms with Crippen LogP contribution in [-0.4, -0.2) is 29.0 Å². The fourth-order valence-corrected chi connectivity index (χ4v) is 3.89. The Balaban J connectivity index is 1.38. The van der Waals surface area contributed by atoms with Gasteiger partial charge < -0.3 is 10.2 Å². The maximum absolute atomic E-state index is 12.7. The van der Waals surface area contributed by atoms with Crippen LogP contribution in [0.3, 0.4) is 0 Å². The molecular weight excluding hydrogens is 372 g/mol. The number of piperidine rings is 1. The molecule has 1 atom stereocenters. The van der Waals surface area contributed by atoms with Crippen molar-refractivity contribution in [2.45, 2.75) is 33.2 Å². The van der Waals surface area contributed by atoms with E-state index >= 15 is 0 Å². The standard InChI is InChI=1S/C25H28N4O/c1-18-9-11-20(12-10-18)23-15-27-25(28-16-23)29-13-5-8-22(17-29)24(30)26-14-21-7-4-3-6-19(21)2/h3-4,6-7,9-12,15-16,22H,5,8,13-14,17H2,1-2H3,(H,26,30).